The first-order valence-electron chi connectivity index (χ1n) is 27.0. The van der Waals surface area contributed by atoms with Gasteiger partial charge in [0.2, 0.25) is 0 Å². The van der Waals surface area contributed by atoms with Gasteiger partial charge < -0.3 is 0 Å². The first-order valence-corrected chi connectivity index (χ1v) is 30.6. The fraction of sp³-hybridized carbons (Fsp3) is 1.00. The summed E-state index contributed by atoms with van der Waals surface area (Å²) in [5, 5.41) is 4.99. The van der Waals surface area contributed by atoms with Crippen LogP contribution in [0.5, 0.6) is 0 Å². The molecule has 0 heterocycles. The Morgan fingerprint density at radius 2 is 0.255 bits per heavy atom. The molecule has 0 saturated carbocycles. The molecule has 0 fully saturated rings. The summed E-state index contributed by atoms with van der Waals surface area (Å²) in [6.45, 7) is 6.97. The van der Waals surface area contributed by atoms with Crippen LogP contribution in [0.15, 0.2) is 0 Å². The van der Waals surface area contributed by atoms with Crippen molar-refractivity contribution in [2.45, 2.75) is 345 Å². The van der Waals surface area contributed by atoms with Crippen molar-refractivity contribution in [1.82, 2.24) is 0 Å². The van der Waals surface area contributed by atoms with E-state index in [9.17, 15) is 0 Å². The maximum atomic E-state index is 2.32. The van der Waals surface area contributed by atoms with Crippen LogP contribution in [0.1, 0.15) is 329 Å². The monoisotopic (exact) mass is 840 g/mol. The van der Waals surface area contributed by atoms with E-state index in [4.69, 9.17) is 0 Å². The van der Waals surface area contributed by atoms with E-state index >= 15 is 0 Å². The zero-order valence-electron chi connectivity index (χ0n) is 39.5. The minimum atomic E-state index is -0.358. The minimum Gasteiger partial charge on any atom is -0.0654 e. The zero-order chi connectivity index (χ0) is 39.6. The summed E-state index contributed by atoms with van der Waals surface area (Å²) in [6.07, 6.45) is 71.7. The molecule has 0 bridgehead atoms. The van der Waals surface area contributed by atoms with Crippen LogP contribution in [0.25, 0.3) is 0 Å². The Hall–Kier alpha value is 0.519. The molecule has 55 heavy (non-hydrogen) atoms. The number of hydrogen-bond donors (Lipinski definition) is 0. The van der Waals surface area contributed by atoms with Gasteiger partial charge in [0, 0.05) is 0 Å². The van der Waals surface area contributed by atoms with Crippen LogP contribution >= 0.6 is 0 Å². The summed E-state index contributed by atoms with van der Waals surface area (Å²) in [7, 11) is 0. The third kappa shape index (κ3) is 50.6. The van der Waals surface area contributed by atoms with E-state index in [-0.39, 0.29) is 13.9 Å². The van der Waals surface area contributed by atoms with Crippen LogP contribution in [0.4, 0.5) is 0 Å². The van der Waals surface area contributed by atoms with Crippen molar-refractivity contribution in [1.29, 1.82) is 0 Å². The van der Waals surface area contributed by atoms with Crippen molar-refractivity contribution in [3.8, 4) is 0 Å². The Balaban J connectivity index is 3.94. The second-order valence-electron chi connectivity index (χ2n) is 18.6. The van der Waals surface area contributed by atoms with E-state index in [0.29, 0.717) is 0 Å². The second kappa shape index (κ2) is 52.5. The molecule has 0 nitrogen and oxygen atoms in total. The molecule has 0 aromatic carbocycles. The van der Waals surface area contributed by atoms with Crippen LogP contribution in [0.3, 0.4) is 0 Å². The molecule has 0 radical (unpaired) electrons. The normalized spacial score (nSPS) is 11.8. The Bertz CT molecular complexity index is 543. The fourth-order valence-corrected chi connectivity index (χ4v) is 14.0. The van der Waals surface area contributed by atoms with Crippen LogP contribution in [0.2, 0.25) is 16.0 Å². The molecule has 0 spiro atoms. The zero-order valence-corrected chi connectivity index (χ0v) is 41.2. The van der Waals surface area contributed by atoms with Crippen LogP contribution in [-0.4, -0.2) is 13.9 Å². The van der Waals surface area contributed by atoms with Crippen LogP contribution in [0, 0.1) is 0 Å². The molecule has 0 saturated heterocycles. The van der Waals surface area contributed by atoms with Crippen molar-refractivity contribution in [3.63, 3.8) is 0 Å². The number of unbranched alkanes of at least 4 members (excludes halogenated alkanes) is 45. The smallest absolute Gasteiger partial charge is 0.0654 e. The summed E-state index contributed by atoms with van der Waals surface area (Å²) < 4.78 is 0. The van der Waals surface area contributed by atoms with Gasteiger partial charge in [-0.05, 0) is 0 Å². The van der Waals surface area contributed by atoms with Crippen molar-refractivity contribution < 1.29 is 0 Å². The molecule has 332 valence electrons. The van der Waals surface area contributed by atoms with Gasteiger partial charge in [0.1, 0.15) is 0 Å². The predicted octanol–water partition coefficient (Wildman–Crippen LogP) is 21.3. The molecule has 0 atom stereocenters. The van der Waals surface area contributed by atoms with Crippen LogP contribution in [-0.2, 0) is 0 Å². The minimum absolute atomic E-state index is 0.358. The molecule has 1 heteroatoms. The molecule has 0 amide bonds. The van der Waals surface area contributed by atoms with Crippen LogP contribution < -0.4 is 0 Å². The van der Waals surface area contributed by atoms with Gasteiger partial charge in [0.15, 0.2) is 0 Å². The fourth-order valence-electron chi connectivity index (χ4n) is 8.87. The molecule has 0 aromatic rings. The third-order valence-corrected chi connectivity index (χ3v) is 18.3. The molecule has 0 aliphatic carbocycles. The van der Waals surface area contributed by atoms with Crippen molar-refractivity contribution >= 4 is 13.9 Å². The summed E-state index contributed by atoms with van der Waals surface area (Å²) in [4.78, 5) is 0. The first-order chi connectivity index (χ1) is 27.3. The summed E-state index contributed by atoms with van der Waals surface area (Å²) in [6, 6.07) is 0. The predicted molar refractivity (Wildman–Crippen MR) is 259 cm³/mol. The summed E-state index contributed by atoms with van der Waals surface area (Å²) in [5.41, 5.74) is 0. The average Bonchev–Trinajstić information content (AvgIpc) is 3.20. The van der Waals surface area contributed by atoms with Crippen molar-refractivity contribution in [2.24, 2.45) is 0 Å². The Morgan fingerprint density at radius 3 is 0.382 bits per heavy atom. The Kier molecular flexibility index (Phi) is 53.0. The van der Waals surface area contributed by atoms with Gasteiger partial charge in [0.05, 0.1) is 0 Å². The van der Waals surface area contributed by atoms with Gasteiger partial charge in [-0.2, -0.15) is 0 Å². The Labute approximate surface area is 357 Å². The van der Waals surface area contributed by atoms with Gasteiger partial charge in [-0.25, -0.2) is 0 Å². The quantitative estimate of drug-likeness (QED) is 0.0423. The first kappa shape index (κ1) is 55.5. The van der Waals surface area contributed by atoms with E-state index in [1.54, 1.807) is 35.2 Å². The van der Waals surface area contributed by atoms with E-state index in [1.165, 1.54) is 289 Å². The van der Waals surface area contributed by atoms with Crippen molar-refractivity contribution in [2.75, 3.05) is 0 Å². The van der Waals surface area contributed by atoms with Gasteiger partial charge in [0.25, 0.3) is 0 Å². The Morgan fingerprint density at radius 1 is 0.145 bits per heavy atom. The summed E-state index contributed by atoms with van der Waals surface area (Å²) >= 11 is -0.358. The van der Waals surface area contributed by atoms with Gasteiger partial charge >= 0.3 is 242 Å². The molecule has 0 aliphatic heterocycles. The molecular weight excluding hydrogens is 728 g/mol. The number of hydrogen-bond acceptors (Lipinski definition) is 0. The molecule has 0 aromatic heterocycles. The second-order valence-corrected chi connectivity index (χ2v) is 23.8. The summed E-state index contributed by atoms with van der Waals surface area (Å²) in [5.74, 6) is 0. The SMILES string of the molecule is CCCCCCCCCCCCCCCCCC[Se+](CCCCCCCCCCCCCCCCCC)CCCCCCCCCCCCCCCCCC. The molecule has 0 N–H and O–H groups in total. The average molecular weight is 839 g/mol. The van der Waals surface area contributed by atoms with Crippen molar-refractivity contribution in [3.05, 3.63) is 0 Å². The molecule has 0 unspecified atom stereocenters. The van der Waals surface area contributed by atoms with Gasteiger partial charge in [-0.3, -0.25) is 0 Å². The molecule has 0 rings (SSSR count). The van der Waals surface area contributed by atoms with E-state index < -0.39 is 0 Å². The topological polar surface area (TPSA) is 0 Å². The van der Waals surface area contributed by atoms with E-state index in [0.717, 1.165) is 0 Å². The molecule has 0 aliphatic rings. The number of rotatable bonds is 51. The van der Waals surface area contributed by atoms with Gasteiger partial charge in [-0.15, -0.1) is 0 Å². The maximum absolute atomic E-state index is 2.32. The third-order valence-electron chi connectivity index (χ3n) is 12.9. The van der Waals surface area contributed by atoms with E-state index in [2.05, 4.69) is 20.8 Å². The van der Waals surface area contributed by atoms with E-state index in [1.807, 2.05) is 0 Å². The molecular formula is C54H111Se+. The van der Waals surface area contributed by atoms with Gasteiger partial charge in [-0.1, -0.05) is 117 Å². The standard InChI is InChI=1S/C54H111Se/c1-4-7-10-13-16-19-22-25-28-31-34-37-40-43-46-49-52-55(53-50-47-44-41-38-35-32-29-26-23-20-17-14-11-8-5-2)54-51-48-45-42-39-36-33-30-27-24-21-18-15-12-9-6-3/h4-54H2,1-3H3/q+1.